The largest absolute Gasteiger partial charge is 0.489 e. The first-order chi connectivity index (χ1) is 15.1. The van der Waals surface area contributed by atoms with E-state index < -0.39 is 17.8 Å². The minimum atomic E-state index is -4.39. The molecule has 1 fully saturated rings. The average molecular weight is 445 g/mol. The molecule has 0 radical (unpaired) electrons. The maximum Gasteiger partial charge on any atom is 0.416 e. The maximum atomic E-state index is 13.3. The lowest BCUT2D eigenvalue weighted by Crippen LogP contribution is -2.21. The lowest BCUT2D eigenvalue weighted by atomic mass is 9.97. The molecule has 1 aliphatic rings. The van der Waals surface area contributed by atoms with Crippen molar-refractivity contribution in [2.45, 2.75) is 45.5 Å². The van der Waals surface area contributed by atoms with Crippen molar-refractivity contribution in [2.24, 2.45) is 0 Å². The zero-order valence-corrected chi connectivity index (χ0v) is 18.6. The zero-order valence-electron chi connectivity index (χ0n) is 18.6. The van der Waals surface area contributed by atoms with Crippen LogP contribution in [-0.4, -0.2) is 41.3 Å². The number of hydrogen-bond donors (Lipinski definition) is 1. The number of ether oxygens (including phenoxy) is 1. The van der Waals surface area contributed by atoms with Gasteiger partial charge in [0.05, 0.1) is 17.3 Å². The monoisotopic (exact) mass is 444 g/mol. The Kier molecular flexibility index (Phi) is 5.99. The molecule has 32 heavy (non-hydrogen) atoms. The Morgan fingerprint density at radius 2 is 1.91 bits per heavy atom. The molecule has 2 atom stereocenters. The third-order valence-electron chi connectivity index (χ3n) is 6.09. The van der Waals surface area contributed by atoms with Gasteiger partial charge in [0.25, 0.3) is 0 Å². The van der Waals surface area contributed by atoms with E-state index in [-0.39, 0.29) is 11.7 Å². The molecule has 8 heteroatoms. The molecule has 2 heterocycles. The number of fused-ring (bicyclic) bond motifs is 1. The van der Waals surface area contributed by atoms with Crippen molar-refractivity contribution in [3.8, 4) is 5.75 Å². The summed E-state index contributed by atoms with van der Waals surface area (Å²) in [5, 5.41) is 13.6. The Labute approximate surface area is 185 Å². The highest BCUT2D eigenvalue weighted by Gasteiger charge is 2.33. The van der Waals surface area contributed by atoms with Crippen LogP contribution < -0.4 is 10.1 Å². The predicted molar refractivity (Wildman–Crippen MR) is 119 cm³/mol. The SMILES string of the molecule is Cc1c(C(C)Nc2nnc(C)c3ccc(O[C@H]4CCN(C)C4)cc23)cccc1C(F)(F)F. The Bertz CT molecular complexity index is 1130. The normalized spacial score (nSPS) is 18.2. The van der Waals surface area contributed by atoms with Crippen LogP contribution in [0.15, 0.2) is 36.4 Å². The maximum absolute atomic E-state index is 13.3. The van der Waals surface area contributed by atoms with Crippen LogP contribution in [-0.2, 0) is 6.18 Å². The highest BCUT2D eigenvalue weighted by Crippen LogP contribution is 2.36. The third kappa shape index (κ3) is 4.50. The van der Waals surface area contributed by atoms with E-state index in [1.54, 1.807) is 6.07 Å². The number of halogens is 3. The summed E-state index contributed by atoms with van der Waals surface area (Å²) in [4.78, 5) is 2.23. The Hall–Kier alpha value is -2.87. The topological polar surface area (TPSA) is 50.3 Å². The van der Waals surface area contributed by atoms with Crippen LogP contribution in [0.25, 0.3) is 10.8 Å². The van der Waals surface area contributed by atoms with Crippen LogP contribution in [0.4, 0.5) is 19.0 Å². The van der Waals surface area contributed by atoms with E-state index in [2.05, 4.69) is 27.5 Å². The summed E-state index contributed by atoms with van der Waals surface area (Å²) in [5.41, 5.74) is 0.928. The van der Waals surface area contributed by atoms with Crippen LogP contribution in [0, 0.1) is 13.8 Å². The van der Waals surface area contributed by atoms with Crippen molar-refractivity contribution in [3.63, 3.8) is 0 Å². The molecule has 0 saturated carbocycles. The van der Waals surface area contributed by atoms with Crippen molar-refractivity contribution in [3.05, 3.63) is 58.8 Å². The summed E-state index contributed by atoms with van der Waals surface area (Å²) in [6, 6.07) is 9.67. The van der Waals surface area contributed by atoms with Gasteiger partial charge in [-0.2, -0.15) is 18.3 Å². The lowest BCUT2D eigenvalue weighted by Gasteiger charge is -2.21. The summed E-state index contributed by atoms with van der Waals surface area (Å²) < 4.78 is 46.2. The smallest absolute Gasteiger partial charge is 0.416 e. The fourth-order valence-corrected chi connectivity index (χ4v) is 4.34. The van der Waals surface area contributed by atoms with Gasteiger partial charge in [0, 0.05) is 23.9 Å². The summed E-state index contributed by atoms with van der Waals surface area (Å²) in [6.07, 6.45) is -3.29. The number of rotatable bonds is 5. The van der Waals surface area contributed by atoms with Crippen molar-refractivity contribution < 1.29 is 17.9 Å². The van der Waals surface area contributed by atoms with Crippen LogP contribution in [0.2, 0.25) is 0 Å². The van der Waals surface area contributed by atoms with Gasteiger partial charge in [-0.25, -0.2) is 0 Å². The summed E-state index contributed by atoms with van der Waals surface area (Å²) in [7, 11) is 2.07. The van der Waals surface area contributed by atoms with Crippen LogP contribution >= 0.6 is 0 Å². The number of nitrogens with zero attached hydrogens (tertiary/aromatic N) is 3. The van der Waals surface area contributed by atoms with Crippen molar-refractivity contribution in [2.75, 3.05) is 25.5 Å². The second kappa shape index (κ2) is 8.58. The van der Waals surface area contributed by atoms with Gasteiger partial charge < -0.3 is 15.0 Å². The molecule has 1 aromatic heterocycles. The zero-order chi connectivity index (χ0) is 23.0. The second-order valence-electron chi connectivity index (χ2n) is 8.52. The molecule has 1 saturated heterocycles. The molecule has 1 unspecified atom stereocenters. The molecule has 4 rings (SSSR count). The molecule has 0 spiro atoms. The number of aromatic nitrogens is 2. The third-order valence-corrected chi connectivity index (χ3v) is 6.09. The Morgan fingerprint density at radius 1 is 1.12 bits per heavy atom. The van der Waals surface area contributed by atoms with E-state index in [4.69, 9.17) is 4.74 Å². The van der Waals surface area contributed by atoms with E-state index in [0.717, 1.165) is 47.8 Å². The van der Waals surface area contributed by atoms with Crippen molar-refractivity contribution in [1.29, 1.82) is 0 Å². The molecule has 0 amide bonds. The number of aryl methyl sites for hydroxylation is 1. The average Bonchev–Trinajstić information content (AvgIpc) is 3.14. The van der Waals surface area contributed by atoms with Gasteiger partial charge in [0.15, 0.2) is 5.82 Å². The van der Waals surface area contributed by atoms with Crippen LogP contribution in [0.5, 0.6) is 5.75 Å². The fraction of sp³-hybridized carbons (Fsp3) is 0.417. The van der Waals surface area contributed by atoms with E-state index in [1.165, 1.54) is 13.0 Å². The minimum Gasteiger partial charge on any atom is -0.489 e. The standard InChI is InChI=1S/C24H27F3N4O/c1-14-19(6-5-7-22(14)24(25,26)27)15(2)28-23-21-12-17(32-18-10-11-31(4)13-18)8-9-20(21)16(3)29-30-23/h5-9,12,15,18H,10-11,13H2,1-4H3,(H,28,30)/t15?,18-/m0/s1. The number of benzene rings is 2. The number of likely N-dealkylation sites (N-methyl/N-ethyl adjacent to an activating group) is 1. The minimum absolute atomic E-state index is 0.136. The first-order valence-corrected chi connectivity index (χ1v) is 10.7. The Morgan fingerprint density at radius 3 is 2.59 bits per heavy atom. The summed E-state index contributed by atoms with van der Waals surface area (Å²) in [5.74, 6) is 1.26. The molecule has 3 aromatic rings. The molecular formula is C24H27F3N4O. The van der Waals surface area contributed by atoms with Crippen LogP contribution in [0.3, 0.4) is 0 Å². The van der Waals surface area contributed by atoms with E-state index in [9.17, 15) is 13.2 Å². The molecular weight excluding hydrogens is 417 g/mol. The summed E-state index contributed by atoms with van der Waals surface area (Å²) in [6.45, 7) is 7.09. The predicted octanol–water partition coefficient (Wildman–Crippen LogP) is 5.52. The number of hydrogen-bond acceptors (Lipinski definition) is 5. The molecule has 2 aromatic carbocycles. The lowest BCUT2D eigenvalue weighted by molar-refractivity contribution is -0.138. The van der Waals surface area contributed by atoms with Gasteiger partial charge in [-0.1, -0.05) is 12.1 Å². The van der Waals surface area contributed by atoms with E-state index in [1.807, 2.05) is 32.0 Å². The van der Waals surface area contributed by atoms with Gasteiger partial charge in [-0.05, 0) is 69.6 Å². The first kappa shape index (κ1) is 22.3. The van der Waals surface area contributed by atoms with Gasteiger partial charge in [0.1, 0.15) is 11.9 Å². The number of anilines is 1. The van der Waals surface area contributed by atoms with E-state index in [0.29, 0.717) is 11.4 Å². The molecule has 0 bridgehead atoms. The van der Waals surface area contributed by atoms with Gasteiger partial charge in [-0.3, -0.25) is 0 Å². The summed E-state index contributed by atoms with van der Waals surface area (Å²) >= 11 is 0. The van der Waals surface area contributed by atoms with Crippen molar-refractivity contribution in [1.82, 2.24) is 15.1 Å². The first-order valence-electron chi connectivity index (χ1n) is 10.7. The number of nitrogens with one attached hydrogen (secondary N) is 1. The molecule has 0 aliphatic carbocycles. The quantitative estimate of drug-likeness (QED) is 0.562. The van der Waals surface area contributed by atoms with Crippen molar-refractivity contribution >= 4 is 16.6 Å². The number of likely N-dealkylation sites (tertiary alicyclic amines) is 1. The Balaban J connectivity index is 1.65. The van der Waals surface area contributed by atoms with E-state index >= 15 is 0 Å². The van der Waals surface area contributed by atoms with Gasteiger partial charge >= 0.3 is 6.18 Å². The molecule has 1 N–H and O–H groups in total. The van der Waals surface area contributed by atoms with Gasteiger partial charge in [0.2, 0.25) is 0 Å². The molecule has 170 valence electrons. The second-order valence-corrected chi connectivity index (χ2v) is 8.52. The molecule has 5 nitrogen and oxygen atoms in total. The van der Waals surface area contributed by atoms with Gasteiger partial charge in [-0.15, -0.1) is 5.10 Å². The number of alkyl halides is 3. The fourth-order valence-electron chi connectivity index (χ4n) is 4.34. The highest BCUT2D eigenvalue weighted by atomic mass is 19.4. The molecule has 1 aliphatic heterocycles. The highest BCUT2D eigenvalue weighted by molar-refractivity contribution is 5.94. The van der Waals surface area contributed by atoms with Crippen LogP contribution in [0.1, 0.15) is 41.8 Å².